The number of hydrogen-bond acceptors (Lipinski definition) is 5. The van der Waals surface area contributed by atoms with Crippen LogP contribution < -0.4 is 11.5 Å². The van der Waals surface area contributed by atoms with Crippen LogP contribution in [0.15, 0.2) is 46.1 Å². The van der Waals surface area contributed by atoms with Crippen LogP contribution in [0.5, 0.6) is 0 Å². The van der Waals surface area contributed by atoms with Gasteiger partial charge in [-0.1, -0.05) is 19.1 Å². The number of aliphatic hydroxyl groups is 1. The van der Waals surface area contributed by atoms with E-state index in [2.05, 4.69) is 26.0 Å². The minimum Gasteiger partial charge on any atom is -0.404 e. The van der Waals surface area contributed by atoms with E-state index in [0.29, 0.717) is 5.69 Å². The molecular weight excluding hydrogens is 396 g/mol. The van der Waals surface area contributed by atoms with Gasteiger partial charge in [0, 0.05) is 35.5 Å². The van der Waals surface area contributed by atoms with Gasteiger partial charge in [0.15, 0.2) is 0 Å². The predicted octanol–water partition coefficient (Wildman–Crippen LogP) is 5.46. The highest BCUT2D eigenvalue weighted by molar-refractivity contribution is 5.96. The summed E-state index contributed by atoms with van der Waals surface area (Å²) < 4.78 is 0. The average Bonchev–Trinajstić information content (AvgIpc) is 2.81. The van der Waals surface area contributed by atoms with Crippen molar-refractivity contribution in [2.24, 2.45) is 10.7 Å². The van der Waals surface area contributed by atoms with Crippen molar-refractivity contribution in [1.29, 1.82) is 5.41 Å². The second kappa shape index (κ2) is 11.3. The van der Waals surface area contributed by atoms with Crippen LogP contribution in [0.1, 0.15) is 81.4 Å². The fraction of sp³-hybridized carbons (Fsp3) is 0.481. The minimum atomic E-state index is -0.180. The standard InChI is InChI=1S/C27H38N4O/c1-3-6-22(19(15-28)17-31-20-10-12-21(32)13-11-20)23-7-4-5-8-24(23)27-18(2)9-14-26(30)25(27)16-29/h6,9,14-17,20-21,29,32H,3-5,7-8,10-13,28,30H2,1-2H3/b19-15+,22-6+,29-16?,31-17?. The van der Waals surface area contributed by atoms with E-state index in [-0.39, 0.29) is 12.1 Å². The molecule has 6 N–H and O–H groups in total. The molecule has 0 saturated heterocycles. The molecule has 1 fully saturated rings. The molecule has 0 amide bonds. The maximum absolute atomic E-state index is 9.78. The Hall–Kier alpha value is -2.66. The largest absolute Gasteiger partial charge is 0.404 e. The second-order valence-corrected chi connectivity index (χ2v) is 8.96. The molecular formula is C27H38N4O. The van der Waals surface area contributed by atoms with E-state index in [9.17, 15) is 5.11 Å². The molecule has 0 atom stereocenters. The molecule has 1 saturated carbocycles. The summed E-state index contributed by atoms with van der Waals surface area (Å²) in [6.07, 6.45) is 15.7. The van der Waals surface area contributed by atoms with Crippen LogP contribution in [-0.2, 0) is 0 Å². The number of allylic oxidation sites excluding steroid dienone is 5. The number of nitrogens with two attached hydrogens (primary N) is 2. The molecule has 2 aliphatic rings. The monoisotopic (exact) mass is 434 g/mol. The molecule has 3 rings (SSSR count). The molecule has 2 aliphatic carbocycles. The Morgan fingerprint density at radius 3 is 2.56 bits per heavy atom. The van der Waals surface area contributed by atoms with E-state index in [1.807, 2.05) is 12.3 Å². The third kappa shape index (κ3) is 5.39. The Kier molecular flexibility index (Phi) is 8.46. The topological polar surface area (TPSA) is 108 Å². The van der Waals surface area contributed by atoms with Gasteiger partial charge in [0.2, 0.25) is 0 Å². The number of rotatable bonds is 7. The lowest BCUT2D eigenvalue weighted by atomic mass is 9.79. The molecule has 0 bridgehead atoms. The highest BCUT2D eigenvalue weighted by Crippen LogP contribution is 2.41. The summed E-state index contributed by atoms with van der Waals surface area (Å²) in [5.74, 6) is 0. The molecule has 0 heterocycles. The fourth-order valence-electron chi connectivity index (χ4n) is 4.99. The second-order valence-electron chi connectivity index (χ2n) is 8.96. The zero-order valence-corrected chi connectivity index (χ0v) is 19.5. The summed E-state index contributed by atoms with van der Waals surface area (Å²) in [4.78, 5) is 4.85. The van der Waals surface area contributed by atoms with Gasteiger partial charge in [0.1, 0.15) is 0 Å². The van der Waals surface area contributed by atoms with E-state index < -0.39 is 0 Å². The summed E-state index contributed by atoms with van der Waals surface area (Å²) in [6, 6.07) is 4.19. The zero-order valence-electron chi connectivity index (χ0n) is 19.5. The van der Waals surface area contributed by atoms with Gasteiger partial charge in [0.25, 0.3) is 0 Å². The minimum absolute atomic E-state index is 0.180. The molecule has 0 unspecified atom stereocenters. The van der Waals surface area contributed by atoms with Crippen molar-refractivity contribution in [2.75, 3.05) is 5.73 Å². The zero-order chi connectivity index (χ0) is 23.1. The number of aliphatic hydroxyl groups excluding tert-OH is 1. The lowest BCUT2D eigenvalue weighted by Crippen LogP contribution is -2.20. The maximum atomic E-state index is 9.78. The van der Waals surface area contributed by atoms with Crippen LogP contribution in [0, 0.1) is 12.3 Å². The van der Waals surface area contributed by atoms with Gasteiger partial charge in [-0.05, 0) is 98.6 Å². The van der Waals surface area contributed by atoms with E-state index in [1.165, 1.54) is 17.4 Å². The number of hydrogen-bond donors (Lipinski definition) is 4. The first-order valence-electron chi connectivity index (χ1n) is 12.0. The first-order chi connectivity index (χ1) is 15.5. The summed E-state index contributed by atoms with van der Waals surface area (Å²) >= 11 is 0. The van der Waals surface area contributed by atoms with Crippen LogP contribution in [-0.4, -0.2) is 29.7 Å². The molecule has 0 radical (unpaired) electrons. The van der Waals surface area contributed by atoms with Crippen molar-refractivity contribution in [3.63, 3.8) is 0 Å². The fourth-order valence-corrected chi connectivity index (χ4v) is 4.99. The van der Waals surface area contributed by atoms with Gasteiger partial charge in [-0.3, -0.25) is 4.99 Å². The average molecular weight is 435 g/mol. The van der Waals surface area contributed by atoms with Crippen LogP contribution in [0.25, 0.3) is 5.57 Å². The number of nitrogens with one attached hydrogen (secondary N) is 1. The van der Waals surface area contributed by atoms with Crippen molar-refractivity contribution in [2.45, 2.75) is 83.8 Å². The Labute approximate surface area is 192 Å². The van der Waals surface area contributed by atoms with Crippen molar-refractivity contribution in [1.82, 2.24) is 0 Å². The first-order valence-corrected chi connectivity index (χ1v) is 12.0. The highest BCUT2D eigenvalue weighted by atomic mass is 16.3. The molecule has 1 aromatic carbocycles. The van der Waals surface area contributed by atoms with Gasteiger partial charge in [-0.2, -0.15) is 0 Å². The number of benzene rings is 1. The number of aryl methyl sites for hydroxylation is 1. The van der Waals surface area contributed by atoms with Crippen LogP contribution >= 0.6 is 0 Å². The van der Waals surface area contributed by atoms with E-state index in [1.54, 1.807) is 6.20 Å². The molecule has 32 heavy (non-hydrogen) atoms. The van der Waals surface area contributed by atoms with Crippen LogP contribution in [0.3, 0.4) is 0 Å². The Morgan fingerprint density at radius 1 is 1.19 bits per heavy atom. The van der Waals surface area contributed by atoms with Crippen molar-refractivity contribution >= 4 is 23.7 Å². The van der Waals surface area contributed by atoms with Crippen LogP contribution in [0.2, 0.25) is 0 Å². The van der Waals surface area contributed by atoms with E-state index in [4.69, 9.17) is 21.9 Å². The van der Waals surface area contributed by atoms with Gasteiger partial charge < -0.3 is 22.0 Å². The summed E-state index contributed by atoms with van der Waals surface area (Å²) in [7, 11) is 0. The molecule has 0 spiro atoms. The molecule has 5 nitrogen and oxygen atoms in total. The lowest BCUT2D eigenvalue weighted by molar-refractivity contribution is 0.123. The maximum Gasteiger partial charge on any atom is 0.0541 e. The third-order valence-electron chi connectivity index (χ3n) is 6.72. The SMILES string of the molecule is CC/C=C(C1=C(c2c(C)ccc(N)c2C=N)CCCC1)\C(C=NC1CCC(O)CC1)=C\N. The van der Waals surface area contributed by atoms with Gasteiger partial charge >= 0.3 is 0 Å². The number of nitrogen functional groups attached to an aromatic ring is 1. The molecule has 1 aromatic rings. The van der Waals surface area contributed by atoms with Crippen molar-refractivity contribution < 1.29 is 5.11 Å². The van der Waals surface area contributed by atoms with Crippen LogP contribution in [0.4, 0.5) is 5.69 Å². The normalized spacial score (nSPS) is 23.1. The summed E-state index contributed by atoms with van der Waals surface area (Å²) in [6.45, 7) is 4.24. The summed E-state index contributed by atoms with van der Waals surface area (Å²) in [5.41, 5.74) is 20.8. The lowest BCUT2D eigenvalue weighted by Gasteiger charge is -2.26. The highest BCUT2D eigenvalue weighted by Gasteiger charge is 2.23. The Bertz CT molecular complexity index is 947. The molecule has 172 valence electrons. The van der Waals surface area contributed by atoms with Crippen molar-refractivity contribution in [3.05, 3.63) is 57.8 Å². The number of nitrogens with zero attached hydrogens (tertiary/aromatic N) is 1. The Balaban J connectivity index is 2.05. The molecule has 5 heteroatoms. The quantitative estimate of drug-likeness (QED) is 0.260. The Morgan fingerprint density at radius 2 is 1.91 bits per heavy atom. The van der Waals surface area contributed by atoms with Crippen molar-refractivity contribution in [3.8, 4) is 0 Å². The third-order valence-corrected chi connectivity index (χ3v) is 6.72. The van der Waals surface area contributed by atoms with E-state index >= 15 is 0 Å². The number of anilines is 1. The van der Waals surface area contributed by atoms with Gasteiger partial charge in [-0.25, -0.2) is 0 Å². The van der Waals surface area contributed by atoms with E-state index in [0.717, 1.165) is 85.6 Å². The summed E-state index contributed by atoms with van der Waals surface area (Å²) in [5, 5.41) is 17.8. The van der Waals surface area contributed by atoms with Gasteiger partial charge in [-0.15, -0.1) is 0 Å². The van der Waals surface area contributed by atoms with Gasteiger partial charge in [0.05, 0.1) is 12.1 Å². The smallest absolute Gasteiger partial charge is 0.0541 e. The molecule has 0 aromatic heterocycles. The first kappa shape index (κ1) is 24.0. The molecule has 0 aliphatic heterocycles. The predicted molar refractivity (Wildman–Crippen MR) is 136 cm³/mol. The number of aliphatic imine (C=N–C) groups is 1.